The Kier molecular flexibility index (Phi) is 2.08. The van der Waals surface area contributed by atoms with Crippen molar-refractivity contribution >= 4 is 5.71 Å². The highest BCUT2D eigenvalue weighted by atomic mass is 16.7. The summed E-state index contributed by atoms with van der Waals surface area (Å²) in [5, 5.41) is 4.04. The quantitative estimate of drug-likeness (QED) is 0.455. The average Bonchev–Trinajstić information content (AvgIpc) is 2.66. The second-order valence-electron chi connectivity index (χ2n) is 3.12. The van der Waals surface area contributed by atoms with Crippen LogP contribution in [0.4, 0.5) is 0 Å². The molecule has 0 aromatic rings. The van der Waals surface area contributed by atoms with Gasteiger partial charge in [-0.15, -0.1) is 0 Å². The summed E-state index contributed by atoms with van der Waals surface area (Å²) in [5.41, 5.74) is 1.23. The Balaban J connectivity index is 1.65. The number of epoxide rings is 1. The Morgan fingerprint density at radius 1 is 1.45 bits per heavy atom. The molecule has 0 aromatic carbocycles. The molecule has 11 heavy (non-hydrogen) atoms. The maximum Gasteiger partial charge on any atom is 0.145 e. The van der Waals surface area contributed by atoms with Gasteiger partial charge in [0.15, 0.2) is 0 Å². The van der Waals surface area contributed by atoms with Gasteiger partial charge in [-0.2, -0.15) is 0 Å². The van der Waals surface area contributed by atoms with Gasteiger partial charge in [0, 0.05) is 0 Å². The topological polar surface area (TPSA) is 34.1 Å². The fourth-order valence-electron chi connectivity index (χ4n) is 1.25. The van der Waals surface area contributed by atoms with Crippen LogP contribution in [-0.2, 0) is 9.57 Å². The number of rotatable bonds is 3. The summed E-state index contributed by atoms with van der Waals surface area (Å²) in [4.78, 5) is 5.10. The van der Waals surface area contributed by atoms with Gasteiger partial charge < -0.3 is 9.57 Å². The highest BCUT2D eigenvalue weighted by Crippen LogP contribution is 2.15. The molecule has 2 aliphatic rings. The van der Waals surface area contributed by atoms with E-state index in [1.165, 1.54) is 18.6 Å². The zero-order valence-electron chi connectivity index (χ0n) is 6.58. The molecular formula is C8H13NO2. The van der Waals surface area contributed by atoms with Crippen molar-refractivity contribution in [1.29, 1.82) is 0 Å². The van der Waals surface area contributed by atoms with E-state index in [4.69, 9.17) is 9.57 Å². The first kappa shape index (κ1) is 7.10. The molecule has 0 N–H and O–H groups in total. The molecule has 0 radical (unpaired) electrons. The van der Waals surface area contributed by atoms with Crippen LogP contribution < -0.4 is 0 Å². The first-order valence-corrected chi connectivity index (χ1v) is 4.24. The molecule has 1 saturated heterocycles. The fraction of sp³-hybridized carbons (Fsp3) is 0.875. The molecule has 1 heterocycles. The molecule has 2 rings (SSSR count). The number of hydrogen-bond acceptors (Lipinski definition) is 3. The molecule has 3 heteroatoms. The van der Waals surface area contributed by atoms with E-state index in [1.54, 1.807) is 0 Å². The van der Waals surface area contributed by atoms with E-state index in [9.17, 15) is 0 Å². The highest BCUT2D eigenvalue weighted by Gasteiger charge is 2.23. The van der Waals surface area contributed by atoms with Gasteiger partial charge in [0.05, 0.1) is 12.3 Å². The van der Waals surface area contributed by atoms with Crippen molar-refractivity contribution in [3.63, 3.8) is 0 Å². The van der Waals surface area contributed by atoms with Crippen molar-refractivity contribution in [2.45, 2.75) is 31.8 Å². The Labute approximate surface area is 66.4 Å². The van der Waals surface area contributed by atoms with Gasteiger partial charge in [0.2, 0.25) is 0 Å². The smallest absolute Gasteiger partial charge is 0.145 e. The van der Waals surface area contributed by atoms with E-state index in [2.05, 4.69) is 5.16 Å². The van der Waals surface area contributed by atoms with Crippen LogP contribution in [0.15, 0.2) is 5.16 Å². The summed E-state index contributed by atoms with van der Waals surface area (Å²) in [7, 11) is 0. The van der Waals surface area contributed by atoms with Crippen molar-refractivity contribution < 1.29 is 9.57 Å². The maximum absolute atomic E-state index is 5.10. The molecule has 0 spiro atoms. The van der Waals surface area contributed by atoms with Gasteiger partial charge in [-0.1, -0.05) is 5.16 Å². The Morgan fingerprint density at radius 2 is 2.18 bits per heavy atom. The molecule has 2 fully saturated rings. The first-order valence-electron chi connectivity index (χ1n) is 4.24. The zero-order valence-corrected chi connectivity index (χ0v) is 6.58. The van der Waals surface area contributed by atoms with E-state index in [1.807, 2.05) is 0 Å². The van der Waals surface area contributed by atoms with Crippen molar-refractivity contribution in [3.8, 4) is 0 Å². The second kappa shape index (κ2) is 3.22. The summed E-state index contributed by atoms with van der Waals surface area (Å²) >= 11 is 0. The lowest BCUT2D eigenvalue weighted by atomic mass is 10.3. The predicted octanol–water partition coefficient (Wildman–Crippen LogP) is 1.33. The lowest BCUT2D eigenvalue weighted by Crippen LogP contribution is -1.98. The lowest BCUT2D eigenvalue weighted by molar-refractivity contribution is 0.124. The molecule has 1 saturated carbocycles. The molecule has 3 nitrogen and oxygen atoms in total. The number of nitrogens with zero attached hydrogens (tertiary/aromatic N) is 1. The summed E-state index contributed by atoms with van der Waals surface area (Å²) in [6.45, 7) is 1.49. The van der Waals surface area contributed by atoms with Gasteiger partial charge in [0.1, 0.15) is 12.7 Å². The molecule has 0 aromatic heterocycles. The number of oxime groups is 1. The maximum atomic E-state index is 5.10. The molecule has 1 aliphatic carbocycles. The minimum absolute atomic E-state index is 0.334. The monoisotopic (exact) mass is 155 g/mol. The number of hydrogen-bond donors (Lipinski definition) is 0. The minimum Gasteiger partial charge on any atom is -0.393 e. The van der Waals surface area contributed by atoms with Gasteiger partial charge >= 0.3 is 0 Å². The molecule has 1 atom stereocenters. The van der Waals surface area contributed by atoms with E-state index in [0.29, 0.717) is 12.7 Å². The van der Waals surface area contributed by atoms with Crippen LogP contribution in [0, 0.1) is 0 Å². The summed E-state index contributed by atoms with van der Waals surface area (Å²) in [6.07, 6.45) is 5.15. The predicted molar refractivity (Wildman–Crippen MR) is 41.6 cm³/mol. The summed E-state index contributed by atoms with van der Waals surface area (Å²) < 4.78 is 4.98. The summed E-state index contributed by atoms with van der Waals surface area (Å²) in [5.74, 6) is 0. The molecular weight excluding hydrogens is 142 g/mol. The van der Waals surface area contributed by atoms with Crippen LogP contribution in [0.3, 0.4) is 0 Å². The molecule has 62 valence electrons. The largest absolute Gasteiger partial charge is 0.393 e. The van der Waals surface area contributed by atoms with Crippen LogP contribution in [-0.4, -0.2) is 25.0 Å². The van der Waals surface area contributed by atoms with Crippen LogP contribution in [0.2, 0.25) is 0 Å². The van der Waals surface area contributed by atoms with Crippen LogP contribution in [0.1, 0.15) is 25.7 Å². The Bertz CT molecular complexity index is 155. The van der Waals surface area contributed by atoms with Gasteiger partial charge in [-0.25, -0.2) is 0 Å². The van der Waals surface area contributed by atoms with Crippen molar-refractivity contribution in [2.24, 2.45) is 5.16 Å². The zero-order chi connectivity index (χ0) is 7.52. The third-order valence-corrected chi connectivity index (χ3v) is 2.04. The van der Waals surface area contributed by atoms with E-state index in [0.717, 1.165) is 19.4 Å². The SMILES string of the molecule is C1CCC(=NOC[C@@H]2CO2)C1. The third-order valence-electron chi connectivity index (χ3n) is 2.04. The van der Waals surface area contributed by atoms with Crippen molar-refractivity contribution in [1.82, 2.24) is 0 Å². The van der Waals surface area contributed by atoms with E-state index >= 15 is 0 Å². The second-order valence-corrected chi connectivity index (χ2v) is 3.12. The number of ether oxygens (including phenoxy) is 1. The first-order chi connectivity index (χ1) is 5.45. The molecule has 0 unspecified atom stereocenters. The Morgan fingerprint density at radius 3 is 2.82 bits per heavy atom. The highest BCUT2D eigenvalue weighted by molar-refractivity contribution is 5.85. The van der Waals surface area contributed by atoms with Gasteiger partial charge in [0.25, 0.3) is 0 Å². The minimum atomic E-state index is 0.334. The normalized spacial score (nSPS) is 28.7. The van der Waals surface area contributed by atoms with Crippen LogP contribution >= 0.6 is 0 Å². The van der Waals surface area contributed by atoms with Gasteiger partial charge in [-0.3, -0.25) is 0 Å². The van der Waals surface area contributed by atoms with Crippen LogP contribution in [0.25, 0.3) is 0 Å². The molecule has 0 bridgehead atoms. The van der Waals surface area contributed by atoms with Crippen molar-refractivity contribution in [3.05, 3.63) is 0 Å². The van der Waals surface area contributed by atoms with Gasteiger partial charge in [-0.05, 0) is 25.7 Å². The molecule has 1 aliphatic heterocycles. The van der Waals surface area contributed by atoms with E-state index in [-0.39, 0.29) is 0 Å². The van der Waals surface area contributed by atoms with Crippen molar-refractivity contribution in [2.75, 3.05) is 13.2 Å². The lowest BCUT2D eigenvalue weighted by Gasteiger charge is -1.96. The standard InChI is InChI=1S/C8H13NO2/c1-2-4-7(3-1)9-11-6-8-5-10-8/h8H,1-6H2/t8-/m0/s1. The van der Waals surface area contributed by atoms with Crippen LogP contribution in [0.5, 0.6) is 0 Å². The average molecular weight is 155 g/mol. The van der Waals surface area contributed by atoms with E-state index < -0.39 is 0 Å². The Hall–Kier alpha value is -0.570. The summed E-state index contributed by atoms with van der Waals surface area (Å²) in [6, 6.07) is 0. The molecule has 0 amide bonds. The third kappa shape index (κ3) is 2.19. The fourth-order valence-corrected chi connectivity index (χ4v) is 1.25.